The zero-order chi connectivity index (χ0) is 18.4. The molecule has 0 aromatic heterocycles. The average Bonchev–Trinajstić information content (AvgIpc) is 3.03. The number of imide groups is 1. The van der Waals surface area contributed by atoms with Gasteiger partial charge in [-0.2, -0.15) is 0 Å². The van der Waals surface area contributed by atoms with Crippen LogP contribution < -0.4 is 5.32 Å². The van der Waals surface area contributed by atoms with Crippen molar-refractivity contribution in [1.82, 2.24) is 10.2 Å². The van der Waals surface area contributed by atoms with Crippen LogP contribution in [0.4, 0.5) is 4.39 Å². The Morgan fingerprint density at radius 3 is 2.44 bits per heavy atom. The van der Waals surface area contributed by atoms with Crippen molar-refractivity contribution in [2.24, 2.45) is 11.8 Å². The molecule has 0 saturated carbocycles. The van der Waals surface area contributed by atoms with E-state index in [2.05, 4.69) is 5.32 Å². The van der Waals surface area contributed by atoms with Crippen LogP contribution in [0.1, 0.15) is 32.4 Å². The molecular formula is C18H21FN2O4. The van der Waals surface area contributed by atoms with Gasteiger partial charge in [-0.25, -0.2) is 4.39 Å². The van der Waals surface area contributed by atoms with Crippen LogP contribution in [0.2, 0.25) is 0 Å². The van der Waals surface area contributed by atoms with Gasteiger partial charge >= 0.3 is 5.97 Å². The maximum atomic E-state index is 13.3. The van der Waals surface area contributed by atoms with Gasteiger partial charge in [-0.15, -0.1) is 0 Å². The van der Waals surface area contributed by atoms with Crippen molar-refractivity contribution in [2.45, 2.75) is 32.4 Å². The Bertz CT molecular complexity index is 720. The number of hydrogen-bond donors (Lipinski definition) is 1. The van der Waals surface area contributed by atoms with Crippen LogP contribution in [0, 0.1) is 17.7 Å². The molecule has 134 valence electrons. The first-order valence-electron chi connectivity index (χ1n) is 8.40. The van der Waals surface area contributed by atoms with Crippen LogP contribution in [0.15, 0.2) is 24.3 Å². The Hall–Kier alpha value is -2.28. The molecule has 1 aromatic carbocycles. The Balaban J connectivity index is 2.07. The number of ether oxygens (including phenoxy) is 1. The van der Waals surface area contributed by atoms with Gasteiger partial charge in [0.2, 0.25) is 11.8 Å². The lowest BCUT2D eigenvalue weighted by atomic mass is 9.80. The number of halogens is 1. The number of likely N-dealkylation sites (tertiary alicyclic amines) is 1. The van der Waals surface area contributed by atoms with Crippen LogP contribution in [0.25, 0.3) is 0 Å². The van der Waals surface area contributed by atoms with E-state index in [9.17, 15) is 18.8 Å². The summed E-state index contributed by atoms with van der Waals surface area (Å²) in [5.41, 5.74) is -0.653. The molecule has 4 atom stereocenters. The van der Waals surface area contributed by atoms with Crippen LogP contribution in [-0.4, -0.2) is 41.4 Å². The van der Waals surface area contributed by atoms with E-state index in [0.717, 1.165) is 0 Å². The van der Waals surface area contributed by atoms with Crippen molar-refractivity contribution in [1.29, 1.82) is 0 Å². The van der Waals surface area contributed by atoms with Crippen molar-refractivity contribution in [3.63, 3.8) is 0 Å². The summed E-state index contributed by atoms with van der Waals surface area (Å²) in [5, 5.41) is 3.13. The summed E-state index contributed by atoms with van der Waals surface area (Å²) in [5.74, 6) is -3.19. The zero-order valence-electron chi connectivity index (χ0n) is 14.4. The third kappa shape index (κ3) is 2.54. The summed E-state index contributed by atoms with van der Waals surface area (Å²) in [6, 6.07) is 5.16. The number of carbonyl (C=O) groups is 3. The number of amides is 2. The van der Waals surface area contributed by atoms with Crippen molar-refractivity contribution in [3.8, 4) is 0 Å². The molecule has 2 fully saturated rings. The molecule has 2 aliphatic rings. The third-order valence-electron chi connectivity index (χ3n) is 5.12. The largest absolute Gasteiger partial charge is 0.465 e. The Labute approximate surface area is 145 Å². The van der Waals surface area contributed by atoms with Crippen LogP contribution in [-0.2, 0) is 19.1 Å². The molecule has 2 aliphatic heterocycles. The van der Waals surface area contributed by atoms with Gasteiger partial charge in [-0.1, -0.05) is 12.1 Å². The number of nitrogens with zero attached hydrogens (tertiary/aromatic N) is 1. The fraction of sp³-hybridized carbons (Fsp3) is 0.500. The predicted octanol–water partition coefficient (Wildman–Crippen LogP) is 1.41. The number of hydrogen-bond acceptors (Lipinski definition) is 5. The summed E-state index contributed by atoms with van der Waals surface area (Å²) < 4.78 is 18.4. The molecular weight excluding hydrogens is 327 g/mol. The first kappa shape index (κ1) is 17.5. The van der Waals surface area contributed by atoms with Gasteiger partial charge in [0, 0.05) is 12.6 Å². The number of nitrogens with one attached hydrogen (secondary N) is 1. The van der Waals surface area contributed by atoms with E-state index in [1.165, 1.54) is 17.0 Å². The smallest absolute Gasteiger partial charge is 0.326 e. The molecule has 0 bridgehead atoms. The molecule has 0 unspecified atom stereocenters. The minimum absolute atomic E-state index is 0.175. The highest BCUT2D eigenvalue weighted by Crippen LogP contribution is 2.48. The van der Waals surface area contributed by atoms with Gasteiger partial charge < -0.3 is 4.74 Å². The molecule has 25 heavy (non-hydrogen) atoms. The highest BCUT2D eigenvalue weighted by atomic mass is 19.1. The van der Waals surface area contributed by atoms with E-state index < -0.39 is 35.2 Å². The number of carbonyl (C=O) groups excluding carboxylic acids is 3. The van der Waals surface area contributed by atoms with Gasteiger partial charge in [0.05, 0.1) is 18.4 Å². The monoisotopic (exact) mass is 348 g/mol. The fourth-order valence-electron chi connectivity index (χ4n) is 3.94. The van der Waals surface area contributed by atoms with Crippen molar-refractivity contribution in [3.05, 3.63) is 35.6 Å². The van der Waals surface area contributed by atoms with Gasteiger partial charge in [0.15, 0.2) is 0 Å². The van der Waals surface area contributed by atoms with E-state index in [4.69, 9.17) is 4.74 Å². The van der Waals surface area contributed by atoms with Gasteiger partial charge in [0.1, 0.15) is 11.4 Å². The Morgan fingerprint density at radius 1 is 1.24 bits per heavy atom. The Kier molecular flexibility index (Phi) is 4.36. The van der Waals surface area contributed by atoms with Crippen LogP contribution >= 0.6 is 0 Å². The normalized spacial score (nSPS) is 31.4. The number of benzene rings is 1. The minimum atomic E-state index is -1.31. The summed E-state index contributed by atoms with van der Waals surface area (Å²) in [6.07, 6.45) is 0. The second-order valence-corrected chi connectivity index (χ2v) is 6.52. The summed E-state index contributed by atoms with van der Waals surface area (Å²) in [4.78, 5) is 39.3. The molecule has 1 aromatic rings. The van der Waals surface area contributed by atoms with Gasteiger partial charge in [-0.3, -0.25) is 24.6 Å². The maximum absolute atomic E-state index is 13.3. The van der Waals surface area contributed by atoms with E-state index >= 15 is 0 Å². The van der Waals surface area contributed by atoms with Crippen molar-refractivity contribution >= 4 is 17.8 Å². The molecule has 1 N–H and O–H groups in total. The lowest BCUT2D eigenvalue weighted by Crippen LogP contribution is -2.54. The second-order valence-electron chi connectivity index (χ2n) is 6.52. The second kappa shape index (κ2) is 6.22. The maximum Gasteiger partial charge on any atom is 0.326 e. The van der Waals surface area contributed by atoms with Crippen molar-refractivity contribution in [2.75, 3.05) is 13.2 Å². The molecule has 0 spiro atoms. The minimum Gasteiger partial charge on any atom is -0.465 e. The third-order valence-corrected chi connectivity index (χ3v) is 5.12. The lowest BCUT2D eigenvalue weighted by Gasteiger charge is -2.28. The lowest BCUT2D eigenvalue weighted by molar-refractivity contribution is -0.155. The quantitative estimate of drug-likeness (QED) is 0.658. The topological polar surface area (TPSA) is 75.7 Å². The standard InChI is InChI=1S/C18H21FN2O4/c1-4-21-15(22)12-13(16(21)23)18(3,17(24)25-5-2)20-14(12)10-6-8-11(19)9-7-10/h6-9,12-14,20H,4-5H2,1-3H3/t12-,13-,14+,18+/m0/s1. The van der Waals surface area contributed by atoms with Crippen molar-refractivity contribution < 1.29 is 23.5 Å². The van der Waals surface area contributed by atoms with Gasteiger partial charge in [0.25, 0.3) is 0 Å². The summed E-state index contributed by atoms with van der Waals surface area (Å²) >= 11 is 0. The zero-order valence-corrected chi connectivity index (χ0v) is 14.4. The number of fused-ring (bicyclic) bond motifs is 1. The van der Waals surface area contributed by atoms with Gasteiger partial charge in [-0.05, 0) is 38.5 Å². The number of esters is 1. The molecule has 2 saturated heterocycles. The molecule has 6 nitrogen and oxygen atoms in total. The number of rotatable bonds is 4. The average molecular weight is 348 g/mol. The molecule has 2 amide bonds. The van der Waals surface area contributed by atoms with E-state index in [1.807, 2.05) is 0 Å². The molecule has 0 radical (unpaired) electrons. The highest BCUT2D eigenvalue weighted by molar-refractivity contribution is 6.09. The highest BCUT2D eigenvalue weighted by Gasteiger charge is 2.66. The van der Waals surface area contributed by atoms with E-state index in [1.54, 1.807) is 32.9 Å². The first-order chi connectivity index (χ1) is 11.8. The van der Waals surface area contributed by atoms with E-state index in [0.29, 0.717) is 5.56 Å². The molecule has 3 rings (SSSR count). The van der Waals surface area contributed by atoms with Crippen LogP contribution in [0.3, 0.4) is 0 Å². The SMILES string of the molecule is CCOC(=O)[C@]1(C)N[C@H](c2ccc(F)cc2)[C@H]2C(=O)N(CC)C(=O)[C@H]21. The summed E-state index contributed by atoms with van der Waals surface area (Å²) in [7, 11) is 0. The summed E-state index contributed by atoms with van der Waals surface area (Å²) in [6.45, 7) is 5.43. The molecule has 7 heteroatoms. The first-order valence-corrected chi connectivity index (χ1v) is 8.40. The molecule has 2 heterocycles. The van der Waals surface area contributed by atoms with E-state index in [-0.39, 0.29) is 25.0 Å². The fourth-order valence-corrected chi connectivity index (χ4v) is 3.94. The molecule has 0 aliphatic carbocycles. The van der Waals surface area contributed by atoms with Crippen LogP contribution in [0.5, 0.6) is 0 Å². The Morgan fingerprint density at radius 2 is 1.88 bits per heavy atom. The predicted molar refractivity (Wildman–Crippen MR) is 86.7 cm³/mol.